The maximum Gasteiger partial charge on any atom is 3.00 e. The van der Waals surface area contributed by atoms with Crippen LogP contribution in [0.25, 0.3) is 32.7 Å². The topological polar surface area (TPSA) is 0 Å². The molecule has 0 aliphatic carbocycles. The van der Waals surface area contributed by atoms with Crippen molar-refractivity contribution in [2.75, 3.05) is 0 Å². The van der Waals surface area contributed by atoms with Gasteiger partial charge >= 0.3 is 26.2 Å². The van der Waals surface area contributed by atoms with Crippen LogP contribution in [0.4, 0.5) is 0 Å². The Bertz CT molecular complexity index is 970. The van der Waals surface area contributed by atoms with Crippen LogP contribution >= 0.6 is 0 Å². The molecule has 125 valence electrons. The van der Waals surface area contributed by atoms with E-state index in [1.807, 2.05) is 0 Å². The third-order valence-corrected chi connectivity index (χ3v) is 4.50. The Balaban J connectivity index is 0.00000104. The van der Waals surface area contributed by atoms with Crippen molar-refractivity contribution >= 4 is 21.5 Å². The van der Waals surface area contributed by atoms with Gasteiger partial charge in [0.1, 0.15) is 0 Å². The van der Waals surface area contributed by atoms with E-state index >= 15 is 0 Å². The number of rotatable bonds is 2. The van der Waals surface area contributed by atoms with Crippen molar-refractivity contribution in [3.05, 3.63) is 78.4 Å². The van der Waals surface area contributed by atoms with E-state index in [4.69, 9.17) is 0 Å². The van der Waals surface area contributed by atoms with Crippen molar-refractivity contribution in [3.63, 3.8) is 0 Å². The Labute approximate surface area is 180 Å². The number of benzene rings is 3. The summed E-state index contributed by atoms with van der Waals surface area (Å²) in [5.41, 5.74) is 4.04. The van der Waals surface area contributed by atoms with Gasteiger partial charge in [-0.1, -0.05) is 61.9 Å². The van der Waals surface area contributed by atoms with E-state index < -0.39 is 0 Å². The fraction of sp³-hybridized carbons (Fsp3) is 0.136. The van der Waals surface area contributed by atoms with Gasteiger partial charge in [-0.2, -0.15) is 6.07 Å². The zero-order chi connectivity index (χ0) is 15.1. The van der Waals surface area contributed by atoms with Crippen LogP contribution in [0.5, 0.6) is 0 Å². The first-order valence-electron chi connectivity index (χ1n) is 7.91. The monoisotopic (exact) mass is 443 g/mol. The van der Waals surface area contributed by atoms with Gasteiger partial charge in [0.15, 0.2) is 0 Å². The van der Waals surface area contributed by atoms with Crippen LogP contribution in [0.2, 0.25) is 0 Å². The minimum atomic E-state index is 0. The Morgan fingerprint density at radius 1 is 0.760 bits per heavy atom. The van der Waals surface area contributed by atoms with Crippen LogP contribution < -0.4 is 24.8 Å². The van der Waals surface area contributed by atoms with Gasteiger partial charge in [-0.15, -0.1) is 34.5 Å². The minimum Gasteiger partial charge on any atom is -1.00 e. The van der Waals surface area contributed by atoms with Gasteiger partial charge in [0.25, 0.3) is 0 Å². The van der Waals surface area contributed by atoms with Crippen molar-refractivity contribution in [2.24, 2.45) is 0 Å². The molecule has 0 nitrogen and oxygen atoms in total. The smallest absolute Gasteiger partial charge is 1.00 e. The third kappa shape index (κ3) is 4.22. The molecular weight excluding hydrogens is 426 g/mol. The molecule has 0 amide bonds. The largest absolute Gasteiger partial charge is 3.00 e. The summed E-state index contributed by atoms with van der Waals surface area (Å²) in [5, 5.41) is 5.30. The molecule has 0 fully saturated rings. The second-order valence-corrected chi connectivity index (χ2v) is 6.31. The molecule has 3 heteroatoms. The SMILES string of the molecule is CC(C)c1cc2c(-c3ccc4ccccc4c3)cccc2[cH-]1.[Cl-].[Cl-].[Zr+3]. The summed E-state index contributed by atoms with van der Waals surface area (Å²) >= 11 is 0. The third-order valence-electron chi connectivity index (χ3n) is 4.50. The summed E-state index contributed by atoms with van der Waals surface area (Å²) in [6, 6.07) is 26.6. The number of hydrogen-bond donors (Lipinski definition) is 0. The van der Waals surface area contributed by atoms with E-state index in [0.29, 0.717) is 5.92 Å². The number of fused-ring (bicyclic) bond motifs is 2. The van der Waals surface area contributed by atoms with Gasteiger partial charge in [-0.05, 0) is 28.3 Å². The summed E-state index contributed by atoms with van der Waals surface area (Å²) in [5.74, 6) is 0.567. The molecule has 0 N–H and O–H groups in total. The maximum absolute atomic E-state index is 2.35. The predicted octanol–water partition coefficient (Wildman–Crippen LogP) is 0.508. The Kier molecular flexibility index (Phi) is 8.01. The molecule has 1 radical (unpaired) electrons. The average molecular weight is 446 g/mol. The van der Waals surface area contributed by atoms with Crippen molar-refractivity contribution in [2.45, 2.75) is 19.8 Å². The molecule has 0 bridgehead atoms. The van der Waals surface area contributed by atoms with Crippen molar-refractivity contribution in [3.8, 4) is 11.1 Å². The van der Waals surface area contributed by atoms with E-state index in [1.54, 1.807) is 0 Å². The molecule has 0 aliphatic rings. The Morgan fingerprint density at radius 3 is 2.20 bits per heavy atom. The Morgan fingerprint density at radius 2 is 1.48 bits per heavy atom. The van der Waals surface area contributed by atoms with Crippen LogP contribution in [0, 0.1) is 0 Å². The Hall–Kier alpha value is -1.01. The zero-order valence-corrected chi connectivity index (χ0v) is 18.2. The molecule has 0 unspecified atom stereocenters. The standard InChI is InChI=1S/C22H19.2ClH.Zr/c1-15(2)20-13-18-8-5-9-21(22(18)14-20)19-11-10-16-6-3-4-7-17(16)12-19;;;/h3-15H,1-2H3;2*1H;/q-1;;;+3/p-2. The van der Waals surface area contributed by atoms with Crippen molar-refractivity contribution < 1.29 is 51.0 Å². The molecule has 0 atom stereocenters. The molecule has 0 aromatic heterocycles. The number of halogens is 2. The van der Waals surface area contributed by atoms with E-state index in [9.17, 15) is 0 Å². The molecule has 4 aromatic carbocycles. The van der Waals surface area contributed by atoms with Gasteiger partial charge in [-0.25, -0.2) is 0 Å². The van der Waals surface area contributed by atoms with Crippen LogP contribution in [0.3, 0.4) is 0 Å². The van der Waals surface area contributed by atoms with E-state index in [0.717, 1.165) is 0 Å². The second kappa shape index (κ2) is 9.08. The normalized spacial score (nSPS) is 10.2. The van der Waals surface area contributed by atoms with E-state index in [2.05, 4.69) is 86.6 Å². The van der Waals surface area contributed by atoms with Crippen LogP contribution in [0.15, 0.2) is 72.8 Å². The molecule has 0 saturated heterocycles. The quantitative estimate of drug-likeness (QED) is 0.395. The van der Waals surface area contributed by atoms with Gasteiger partial charge in [-0.3, -0.25) is 0 Å². The summed E-state index contributed by atoms with van der Waals surface area (Å²) in [4.78, 5) is 0. The summed E-state index contributed by atoms with van der Waals surface area (Å²) in [7, 11) is 0. The van der Waals surface area contributed by atoms with Gasteiger partial charge < -0.3 is 24.8 Å². The molecule has 4 rings (SSSR count). The molecule has 25 heavy (non-hydrogen) atoms. The predicted molar refractivity (Wildman–Crippen MR) is 96.6 cm³/mol. The van der Waals surface area contributed by atoms with Crippen LogP contribution in [-0.4, -0.2) is 0 Å². The molecular formula is C22H19Cl2Zr. The van der Waals surface area contributed by atoms with Gasteiger partial charge in [0.2, 0.25) is 0 Å². The first-order chi connectivity index (χ1) is 10.7. The maximum atomic E-state index is 2.35. The molecule has 4 aromatic rings. The molecule has 0 saturated carbocycles. The average Bonchev–Trinajstić information content (AvgIpc) is 2.99. The van der Waals surface area contributed by atoms with Crippen molar-refractivity contribution in [1.82, 2.24) is 0 Å². The van der Waals surface area contributed by atoms with Crippen LogP contribution in [0.1, 0.15) is 25.3 Å². The molecule has 0 spiro atoms. The molecule has 0 aliphatic heterocycles. The minimum absolute atomic E-state index is 0. The zero-order valence-electron chi connectivity index (χ0n) is 14.3. The van der Waals surface area contributed by atoms with Gasteiger partial charge in [0, 0.05) is 0 Å². The van der Waals surface area contributed by atoms with Crippen LogP contribution in [-0.2, 0) is 26.2 Å². The molecule has 0 heterocycles. The van der Waals surface area contributed by atoms with E-state index in [1.165, 1.54) is 38.2 Å². The van der Waals surface area contributed by atoms with E-state index in [-0.39, 0.29) is 51.0 Å². The first kappa shape index (κ1) is 22.0. The summed E-state index contributed by atoms with van der Waals surface area (Å²) < 4.78 is 0. The fourth-order valence-corrected chi connectivity index (χ4v) is 3.20. The number of hydrogen-bond acceptors (Lipinski definition) is 0. The van der Waals surface area contributed by atoms with Gasteiger partial charge in [0.05, 0.1) is 0 Å². The van der Waals surface area contributed by atoms with Crippen molar-refractivity contribution in [1.29, 1.82) is 0 Å². The summed E-state index contributed by atoms with van der Waals surface area (Å²) in [6.07, 6.45) is 0. The second-order valence-electron chi connectivity index (χ2n) is 6.31. The first-order valence-corrected chi connectivity index (χ1v) is 7.91. The fourth-order valence-electron chi connectivity index (χ4n) is 3.20. The summed E-state index contributed by atoms with van der Waals surface area (Å²) in [6.45, 7) is 4.51.